The van der Waals surface area contributed by atoms with Crippen LogP contribution in [0.15, 0.2) is 11.1 Å². The van der Waals surface area contributed by atoms with Crippen LogP contribution in [-0.4, -0.2) is 23.2 Å². The Labute approximate surface area is 63.4 Å². The first-order valence-corrected chi connectivity index (χ1v) is 4.19. The van der Waals surface area contributed by atoms with Gasteiger partial charge in [0, 0.05) is 12.0 Å². The minimum atomic E-state index is 0.472. The fraction of sp³-hybridized carbons (Fsp3) is 0.500. The Balaban J connectivity index is 2.17. The van der Waals surface area contributed by atoms with Gasteiger partial charge < -0.3 is 0 Å². The number of fused-ring (bicyclic) bond motifs is 1. The molecule has 0 bridgehead atoms. The summed E-state index contributed by atoms with van der Waals surface area (Å²) in [5, 5.41) is 4.32. The number of carbonyl (C=O) groups is 1. The molecule has 1 saturated heterocycles. The second-order valence-corrected chi connectivity index (χ2v) is 3.37. The summed E-state index contributed by atoms with van der Waals surface area (Å²) in [6.45, 7) is 0.989. The average Bonchev–Trinajstić information content (AvgIpc) is 2.44. The Kier molecular flexibility index (Phi) is 1.43. The summed E-state index contributed by atoms with van der Waals surface area (Å²) in [5.74, 6) is 0. The monoisotopic (exact) mass is 156 g/mol. The molecular weight excluding hydrogens is 148 g/mol. The largest absolute Gasteiger partial charge is 0.296 e. The predicted molar refractivity (Wildman–Crippen MR) is 40.0 cm³/mol. The molecule has 0 aromatic carbocycles. The van der Waals surface area contributed by atoms with E-state index in [0.717, 1.165) is 24.9 Å². The first-order valence-electron chi connectivity index (χ1n) is 3.25. The summed E-state index contributed by atoms with van der Waals surface area (Å²) in [5.41, 5.74) is 3.90. The van der Waals surface area contributed by atoms with Gasteiger partial charge in [-0.25, -0.2) is 5.43 Å². The number of hydrogen-bond acceptors (Lipinski definition) is 4. The smallest absolute Gasteiger partial charge is 0.168 e. The van der Waals surface area contributed by atoms with Crippen molar-refractivity contribution in [2.75, 3.05) is 6.54 Å². The third-order valence-corrected chi connectivity index (χ3v) is 2.84. The van der Waals surface area contributed by atoms with E-state index >= 15 is 0 Å². The number of thioether (sulfide) groups is 1. The van der Waals surface area contributed by atoms with Crippen molar-refractivity contribution >= 4 is 18.0 Å². The lowest BCUT2D eigenvalue weighted by atomic mass is 10.4. The zero-order valence-corrected chi connectivity index (χ0v) is 6.23. The molecule has 54 valence electrons. The van der Waals surface area contributed by atoms with E-state index in [2.05, 4.69) is 5.43 Å². The zero-order valence-electron chi connectivity index (χ0n) is 5.41. The van der Waals surface area contributed by atoms with Crippen molar-refractivity contribution < 1.29 is 4.79 Å². The number of nitrogens with one attached hydrogen (secondary N) is 1. The Morgan fingerprint density at radius 3 is 3.60 bits per heavy atom. The van der Waals surface area contributed by atoms with Crippen molar-refractivity contribution in [3.63, 3.8) is 0 Å². The van der Waals surface area contributed by atoms with E-state index < -0.39 is 0 Å². The first-order chi connectivity index (χ1) is 4.92. The number of hydrogen-bond donors (Lipinski definition) is 1. The lowest BCUT2D eigenvalue weighted by Gasteiger charge is -2.16. The molecule has 0 spiro atoms. The predicted octanol–water partition coefficient (Wildman–Crippen LogP) is 0.310. The van der Waals surface area contributed by atoms with Gasteiger partial charge in [-0.2, -0.15) is 0 Å². The third-order valence-electron chi connectivity index (χ3n) is 1.71. The highest BCUT2D eigenvalue weighted by Crippen LogP contribution is 2.32. The van der Waals surface area contributed by atoms with Gasteiger partial charge in [0.25, 0.3) is 0 Å². The second kappa shape index (κ2) is 2.29. The number of rotatable bonds is 1. The molecule has 3 nitrogen and oxygen atoms in total. The molecule has 1 unspecified atom stereocenters. The molecule has 0 radical (unpaired) electrons. The van der Waals surface area contributed by atoms with Crippen molar-refractivity contribution in [3.8, 4) is 0 Å². The molecule has 2 aliphatic rings. The van der Waals surface area contributed by atoms with Crippen molar-refractivity contribution in [1.29, 1.82) is 0 Å². The van der Waals surface area contributed by atoms with Crippen molar-refractivity contribution in [1.82, 2.24) is 10.4 Å². The van der Waals surface area contributed by atoms with Crippen LogP contribution in [-0.2, 0) is 4.79 Å². The summed E-state index contributed by atoms with van der Waals surface area (Å²) in [4.78, 5) is 10.4. The van der Waals surface area contributed by atoms with E-state index in [1.807, 2.05) is 10.4 Å². The maximum Gasteiger partial charge on any atom is 0.168 e. The van der Waals surface area contributed by atoms with Gasteiger partial charge in [0.2, 0.25) is 0 Å². The first kappa shape index (κ1) is 6.24. The number of nitrogens with zero attached hydrogens (tertiary/aromatic N) is 1. The molecule has 2 rings (SSSR count). The van der Waals surface area contributed by atoms with E-state index in [9.17, 15) is 4.79 Å². The van der Waals surface area contributed by atoms with Crippen LogP contribution in [0.4, 0.5) is 0 Å². The molecule has 1 fully saturated rings. The highest BCUT2D eigenvalue weighted by Gasteiger charge is 2.30. The maximum absolute atomic E-state index is 10.4. The summed E-state index contributed by atoms with van der Waals surface area (Å²) >= 11 is 1.72. The summed E-state index contributed by atoms with van der Waals surface area (Å²) in [7, 11) is 0. The third kappa shape index (κ3) is 0.759. The van der Waals surface area contributed by atoms with Crippen molar-refractivity contribution in [2.45, 2.75) is 11.8 Å². The topological polar surface area (TPSA) is 32.3 Å². The summed E-state index contributed by atoms with van der Waals surface area (Å²) in [6, 6.07) is 0. The van der Waals surface area contributed by atoms with E-state index in [1.165, 1.54) is 0 Å². The van der Waals surface area contributed by atoms with Crippen molar-refractivity contribution in [2.24, 2.45) is 0 Å². The van der Waals surface area contributed by atoms with E-state index in [4.69, 9.17) is 0 Å². The summed E-state index contributed by atoms with van der Waals surface area (Å²) < 4.78 is 0. The molecular formula is C6H8N2OS. The molecule has 10 heavy (non-hydrogen) atoms. The summed E-state index contributed by atoms with van der Waals surface area (Å²) in [6.07, 6.45) is 2.02. The highest BCUT2D eigenvalue weighted by molar-refractivity contribution is 8.03. The number of carbonyl (C=O) groups excluding carboxylic acids is 1. The molecule has 1 atom stereocenters. The Hall–Kier alpha value is -0.480. The van der Waals surface area contributed by atoms with Crippen LogP contribution in [0.5, 0.6) is 0 Å². The SMILES string of the molecule is O=CC1=CSC2CCNN12. The van der Waals surface area contributed by atoms with Crippen LogP contribution < -0.4 is 5.43 Å². The van der Waals surface area contributed by atoms with Gasteiger partial charge in [0.05, 0.1) is 11.1 Å². The lowest BCUT2D eigenvalue weighted by molar-refractivity contribution is -0.106. The van der Waals surface area contributed by atoms with Crippen LogP contribution >= 0.6 is 11.8 Å². The van der Waals surface area contributed by atoms with Gasteiger partial charge in [-0.05, 0) is 6.42 Å². The molecule has 1 N–H and O–H groups in total. The van der Waals surface area contributed by atoms with Gasteiger partial charge >= 0.3 is 0 Å². The molecule has 0 amide bonds. The maximum atomic E-state index is 10.4. The number of aldehydes is 1. The van der Waals surface area contributed by atoms with Gasteiger partial charge in [-0.1, -0.05) is 0 Å². The van der Waals surface area contributed by atoms with E-state index in [1.54, 1.807) is 11.8 Å². The van der Waals surface area contributed by atoms with Gasteiger partial charge in [0.15, 0.2) is 6.29 Å². The molecule has 0 saturated carbocycles. The van der Waals surface area contributed by atoms with Crippen molar-refractivity contribution in [3.05, 3.63) is 11.1 Å². The van der Waals surface area contributed by atoms with E-state index in [0.29, 0.717) is 5.37 Å². The Morgan fingerprint density at radius 1 is 1.90 bits per heavy atom. The quantitative estimate of drug-likeness (QED) is 0.554. The van der Waals surface area contributed by atoms with Crippen LogP contribution in [0.3, 0.4) is 0 Å². The molecule has 0 aromatic heterocycles. The second-order valence-electron chi connectivity index (χ2n) is 2.32. The molecule has 4 heteroatoms. The van der Waals surface area contributed by atoms with E-state index in [-0.39, 0.29) is 0 Å². The molecule has 0 aromatic rings. The zero-order chi connectivity index (χ0) is 6.97. The normalized spacial score (nSPS) is 30.2. The van der Waals surface area contributed by atoms with Crippen LogP contribution in [0.2, 0.25) is 0 Å². The minimum absolute atomic E-state index is 0.472. The molecule has 0 aliphatic carbocycles. The Bertz CT molecular complexity index is 192. The molecule has 2 aliphatic heterocycles. The fourth-order valence-electron chi connectivity index (χ4n) is 1.22. The van der Waals surface area contributed by atoms with Gasteiger partial charge in [0.1, 0.15) is 0 Å². The molecule has 2 heterocycles. The Morgan fingerprint density at radius 2 is 2.80 bits per heavy atom. The standard InChI is InChI=1S/C6H8N2OS/c9-3-5-4-10-6-1-2-7-8(5)6/h3-4,6-7H,1-2H2. The van der Waals surface area contributed by atoms with Crippen LogP contribution in [0, 0.1) is 0 Å². The average molecular weight is 156 g/mol. The lowest BCUT2D eigenvalue weighted by Crippen LogP contribution is -2.32. The highest BCUT2D eigenvalue weighted by atomic mass is 32.2. The minimum Gasteiger partial charge on any atom is -0.296 e. The van der Waals surface area contributed by atoms with Crippen LogP contribution in [0.1, 0.15) is 6.42 Å². The van der Waals surface area contributed by atoms with Gasteiger partial charge in [-0.3, -0.25) is 9.80 Å². The van der Waals surface area contributed by atoms with Crippen LogP contribution in [0.25, 0.3) is 0 Å². The van der Waals surface area contributed by atoms with Gasteiger partial charge in [-0.15, -0.1) is 11.8 Å². The fourth-order valence-corrected chi connectivity index (χ4v) is 2.25. The number of allylic oxidation sites excluding steroid dienone is 1. The number of hydrazine groups is 1.